The fraction of sp³-hybridized carbons (Fsp3) is 0.909. The lowest BCUT2D eigenvalue weighted by atomic mass is 10.1. The molecule has 0 aromatic carbocycles. The molecule has 1 unspecified atom stereocenters. The van der Waals surface area contributed by atoms with E-state index in [1.807, 2.05) is 20.8 Å². The highest BCUT2D eigenvalue weighted by Gasteiger charge is 2.25. The second-order valence-corrected chi connectivity index (χ2v) is 5.34. The van der Waals surface area contributed by atoms with Gasteiger partial charge in [-0.1, -0.05) is 6.92 Å². The number of isocyanates is 1. The number of hydrogen-bond acceptors (Lipinski definition) is 4. The summed E-state index contributed by atoms with van der Waals surface area (Å²) in [4.78, 5) is 14.0. The summed E-state index contributed by atoms with van der Waals surface area (Å²) in [6.45, 7) is 7.25. The number of nitrogens with zero attached hydrogens (tertiary/aromatic N) is 1. The second-order valence-electron chi connectivity index (χ2n) is 3.82. The van der Waals surface area contributed by atoms with E-state index in [1.165, 1.54) is 0 Å². The average Bonchev–Trinajstić information content (AvgIpc) is 2.25. The summed E-state index contributed by atoms with van der Waals surface area (Å²) < 4.78 is 11.3. The van der Waals surface area contributed by atoms with Crippen LogP contribution in [0.3, 0.4) is 0 Å². The highest BCUT2D eigenvalue weighted by Crippen LogP contribution is 2.19. The predicted molar refractivity (Wildman–Crippen MR) is 67.4 cm³/mol. The van der Waals surface area contributed by atoms with Gasteiger partial charge < -0.3 is 9.47 Å². The monoisotopic (exact) mass is 245 g/mol. The maximum absolute atomic E-state index is 10.2. The third-order valence-electron chi connectivity index (χ3n) is 2.54. The molecule has 0 aliphatic heterocycles. The zero-order chi connectivity index (χ0) is 12.4. The van der Waals surface area contributed by atoms with Gasteiger partial charge in [-0.3, -0.25) is 0 Å². The summed E-state index contributed by atoms with van der Waals surface area (Å²) in [5.74, 6) is 0. The van der Waals surface area contributed by atoms with Crippen molar-refractivity contribution in [3.63, 3.8) is 0 Å². The van der Waals surface area contributed by atoms with Crippen molar-refractivity contribution in [1.29, 1.82) is 0 Å². The quantitative estimate of drug-likeness (QED) is 0.263. The van der Waals surface area contributed by atoms with Crippen LogP contribution in [0.4, 0.5) is 0 Å². The number of ether oxygens (including phenoxy) is 2. The number of hydrogen-bond donors (Lipinski definition) is 0. The van der Waals surface area contributed by atoms with Crippen molar-refractivity contribution >= 4 is 16.3 Å². The first-order valence-corrected chi connectivity index (χ1v) is 6.96. The molecule has 0 bridgehead atoms. The van der Waals surface area contributed by atoms with Crippen molar-refractivity contribution < 1.29 is 14.3 Å². The van der Waals surface area contributed by atoms with Gasteiger partial charge in [-0.05, 0) is 33.1 Å². The van der Waals surface area contributed by atoms with E-state index < -0.39 is 5.41 Å². The van der Waals surface area contributed by atoms with Crippen LogP contribution in [0.25, 0.3) is 0 Å². The molecule has 0 radical (unpaired) electrons. The molecule has 0 aliphatic carbocycles. The summed E-state index contributed by atoms with van der Waals surface area (Å²) >= 11 is 0. The first kappa shape index (κ1) is 15.5. The van der Waals surface area contributed by atoms with E-state index in [9.17, 15) is 4.79 Å². The topological polar surface area (TPSA) is 47.9 Å². The predicted octanol–water partition coefficient (Wildman–Crippen LogP) is 0.973. The molecule has 0 spiro atoms. The summed E-state index contributed by atoms with van der Waals surface area (Å²) in [6.07, 6.45) is 4.09. The zero-order valence-corrected chi connectivity index (χ0v) is 12.8. The molecule has 4 nitrogen and oxygen atoms in total. The van der Waals surface area contributed by atoms with Crippen LogP contribution in [-0.2, 0) is 14.3 Å². The Bertz CT molecular complexity index is 223. The fourth-order valence-corrected chi connectivity index (χ4v) is 2.53. The molecule has 5 heteroatoms. The molecule has 1 atom stereocenters. The molecule has 0 saturated carbocycles. The van der Waals surface area contributed by atoms with Crippen LogP contribution < -0.4 is 0 Å². The van der Waals surface area contributed by atoms with Gasteiger partial charge in [0.25, 0.3) is 0 Å². The minimum Gasteiger partial charge on any atom is -0.355 e. The third kappa shape index (κ3) is 6.18. The van der Waals surface area contributed by atoms with Gasteiger partial charge in [-0.2, -0.15) is 0 Å². The van der Waals surface area contributed by atoms with E-state index in [0.717, 1.165) is 29.5 Å². The van der Waals surface area contributed by atoms with Crippen LogP contribution >= 0.6 is 0 Å². The van der Waals surface area contributed by atoms with Gasteiger partial charge in [0, 0.05) is 13.2 Å². The summed E-state index contributed by atoms with van der Waals surface area (Å²) in [5.41, 5.74) is -0.421. The normalized spacial score (nSPS) is 13.4. The van der Waals surface area contributed by atoms with Crippen LogP contribution in [0, 0.1) is 0 Å². The summed E-state index contributed by atoms with van der Waals surface area (Å²) in [5, 5.41) is 0. The highest BCUT2D eigenvalue weighted by molar-refractivity contribution is 6.13. The number of carbonyl (C=O) groups excluding carboxylic acids is 1. The Hall–Kier alpha value is -0.483. The van der Waals surface area contributed by atoms with Crippen LogP contribution in [0.15, 0.2) is 4.99 Å². The van der Waals surface area contributed by atoms with Crippen LogP contribution in [0.2, 0.25) is 0 Å². The number of aliphatic imine (C=N–C) groups is 1. The van der Waals surface area contributed by atoms with Gasteiger partial charge in [0.2, 0.25) is 6.08 Å². The Morgan fingerprint density at radius 1 is 1.31 bits per heavy atom. The van der Waals surface area contributed by atoms with E-state index in [0.29, 0.717) is 13.2 Å². The Labute approximate surface area is 101 Å². The zero-order valence-electron chi connectivity index (χ0n) is 10.8. The molecule has 0 saturated heterocycles. The van der Waals surface area contributed by atoms with Crippen molar-refractivity contribution in [1.82, 2.24) is 0 Å². The van der Waals surface area contributed by atoms with E-state index in [4.69, 9.17) is 9.47 Å². The molecular weight excluding hydrogens is 222 g/mol. The standard InChI is InChI=1S/C11H23NO3Si/c1-4-10(12-9-13)7-8-11(16,14-5-2)15-6-3/h10H,4-8H2,1-3,16H3. The molecule has 0 aromatic heterocycles. The van der Waals surface area contributed by atoms with Crippen LogP contribution in [0.5, 0.6) is 0 Å². The van der Waals surface area contributed by atoms with E-state index in [1.54, 1.807) is 6.08 Å². The molecule has 16 heavy (non-hydrogen) atoms. The highest BCUT2D eigenvalue weighted by atomic mass is 28.1. The van der Waals surface area contributed by atoms with Gasteiger partial charge >= 0.3 is 0 Å². The van der Waals surface area contributed by atoms with Gasteiger partial charge in [-0.25, -0.2) is 9.79 Å². The van der Waals surface area contributed by atoms with Gasteiger partial charge in [-0.15, -0.1) is 0 Å². The Morgan fingerprint density at radius 3 is 2.25 bits per heavy atom. The van der Waals surface area contributed by atoms with Gasteiger partial charge in [0.15, 0.2) is 0 Å². The fourth-order valence-electron chi connectivity index (χ4n) is 1.66. The maximum Gasteiger partial charge on any atom is 0.235 e. The van der Waals surface area contributed by atoms with Crippen molar-refractivity contribution in [2.45, 2.75) is 51.5 Å². The lowest BCUT2D eigenvalue weighted by molar-refractivity contribution is -0.177. The van der Waals surface area contributed by atoms with E-state index >= 15 is 0 Å². The Balaban J connectivity index is 4.23. The van der Waals surface area contributed by atoms with Crippen molar-refractivity contribution in [2.24, 2.45) is 4.99 Å². The van der Waals surface area contributed by atoms with E-state index in [2.05, 4.69) is 4.99 Å². The van der Waals surface area contributed by atoms with Crippen LogP contribution in [0.1, 0.15) is 40.0 Å². The van der Waals surface area contributed by atoms with Crippen molar-refractivity contribution in [3.8, 4) is 0 Å². The molecule has 0 aliphatic rings. The van der Waals surface area contributed by atoms with E-state index in [-0.39, 0.29) is 6.04 Å². The SMILES string of the molecule is CCOC([SiH3])(CCC(CC)N=C=O)OCC. The van der Waals surface area contributed by atoms with Crippen LogP contribution in [-0.4, -0.2) is 41.0 Å². The Kier molecular flexibility index (Phi) is 8.38. The lowest BCUT2D eigenvalue weighted by Crippen LogP contribution is -2.37. The molecule has 94 valence electrons. The Morgan fingerprint density at radius 2 is 1.88 bits per heavy atom. The van der Waals surface area contributed by atoms with Crippen molar-refractivity contribution in [3.05, 3.63) is 0 Å². The first-order chi connectivity index (χ1) is 7.61. The minimum absolute atomic E-state index is 0.0479. The maximum atomic E-state index is 10.2. The van der Waals surface area contributed by atoms with Crippen molar-refractivity contribution in [2.75, 3.05) is 13.2 Å². The average molecular weight is 245 g/mol. The largest absolute Gasteiger partial charge is 0.355 e. The minimum atomic E-state index is -0.421. The molecule has 0 amide bonds. The molecular formula is C11H23NO3Si. The third-order valence-corrected chi connectivity index (χ3v) is 3.61. The summed E-state index contributed by atoms with van der Waals surface area (Å²) in [7, 11) is 0.815. The molecule has 0 N–H and O–H groups in total. The molecule has 0 fully saturated rings. The lowest BCUT2D eigenvalue weighted by Gasteiger charge is -2.30. The second kappa shape index (κ2) is 8.64. The van der Waals surface area contributed by atoms with Gasteiger partial charge in [0.1, 0.15) is 5.41 Å². The smallest absolute Gasteiger partial charge is 0.235 e. The first-order valence-electron chi connectivity index (χ1n) is 5.96. The molecule has 0 aromatic rings. The summed E-state index contributed by atoms with van der Waals surface area (Å²) in [6, 6.07) is 0.0479. The molecule has 0 heterocycles. The van der Waals surface area contributed by atoms with Gasteiger partial charge in [0.05, 0.1) is 16.3 Å². The number of rotatable bonds is 9. The molecule has 0 rings (SSSR count).